The first-order chi connectivity index (χ1) is 14.0. The minimum absolute atomic E-state index is 0.0977. The summed E-state index contributed by atoms with van der Waals surface area (Å²) in [7, 11) is -3.47. The van der Waals surface area contributed by atoms with Crippen molar-refractivity contribution in [3.8, 4) is 0 Å². The predicted molar refractivity (Wildman–Crippen MR) is 113 cm³/mol. The molecule has 4 rings (SSSR count). The Morgan fingerprint density at radius 1 is 1.28 bits per heavy atom. The zero-order valence-electron chi connectivity index (χ0n) is 16.2. The van der Waals surface area contributed by atoms with Gasteiger partial charge in [0.25, 0.3) is 15.9 Å². The molecule has 1 saturated heterocycles. The fourth-order valence-corrected chi connectivity index (χ4v) is 6.77. The van der Waals surface area contributed by atoms with Crippen molar-refractivity contribution in [2.75, 3.05) is 13.1 Å². The normalized spacial score (nSPS) is 18.2. The van der Waals surface area contributed by atoms with Crippen molar-refractivity contribution in [3.05, 3.63) is 53.3 Å². The summed E-state index contributed by atoms with van der Waals surface area (Å²) in [6.45, 7) is 2.77. The number of rotatable bonds is 6. The lowest BCUT2D eigenvalue weighted by Gasteiger charge is -2.34. The van der Waals surface area contributed by atoms with Crippen molar-refractivity contribution in [1.82, 2.24) is 19.0 Å². The number of pyridine rings is 1. The van der Waals surface area contributed by atoms with Gasteiger partial charge >= 0.3 is 0 Å². The topological polar surface area (TPSA) is 83.8 Å². The number of amides is 1. The van der Waals surface area contributed by atoms with Crippen LogP contribution in [0.25, 0.3) is 5.65 Å². The van der Waals surface area contributed by atoms with Crippen molar-refractivity contribution in [2.24, 2.45) is 0 Å². The lowest BCUT2D eigenvalue weighted by Crippen LogP contribution is -2.45. The molecule has 0 aliphatic carbocycles. The quantitative estimate of drug-likeness (QED) is 0.649. The summed E-state index contributed by atoms with van der Waals surface area (Å²) >= 11 is 1.25. The van der Waals surface area contributed by atoms with Gasteiger partial charge in [-0.05, 0) is 49.8 Å². The first kappa shape index (κ1) is 20.1. The van der Waals surface area contributed by atoms with E-state index in [1.54, 1.807) is 26.2 Å². The van der Waals surface area contributed by atoms with E-state index in [1.165, 1.54) is 11.3 Å². The Labute approximate surface area is 174 Å². The number of nitrogens with zero attached hydrogens (tertiary/aromatic N) is 3. The van der Waals surface area contributed by atoms with Gasteiger partial charge in [0.2, 0.25) is 0 Å². The van der Waals surface area contributed by atoms with Crippen LogP contribution in [0.15, 0.2) is 46.1 Å². The highest BCUT2D eigenvalue weighted by atomic mass is 32.2. The van der Waals surface area contributed by atoms with Crippen molar-refractivity contribution in [2.45, 2.75) is 42.9 Å². The lowest BCUT2D eigenvalue weighted by atomic mass is 10.0. The minimum Gasteiger partial charge on any atom is -0.351 e. The number of nitrogens with one attached hydrogen (secondary N) is 1. The number of sulfonamides is 1. The molecule has 154 valence electrons. The predicted octanol–water partition coefficient (Wildman–Crippen LogP) is 3.07. The van der Waals surface area contributed by atoms with Crippen molar-refractivity contribution in [3.63, 3.8) is 0 Å². The number of imidazole rings is 1. The van der Waals surface area contributed by atoms with Crippen LogP contribution in [0, 0.1) is 6.92 Å². The average molecular weight is 433 g/mol. The van der Waals surface area contributed by atoms with Gasteiger partial charge in [0.05, 0.1) is 5.69 Å². The Bertz CT molecular complexity index is 1110. The van der Waals surface area contributed by atoms with Crippen molar-refractivity contribution < 1.29 is 13.2 Å². The van der Waals surface area contributed by atoms with Crippen molar-refractivity contribution in [1.29, 1.82) is 0 Å². The third-order valence-electron chi connectivity index (χ3n) is 5.31. The Morgan fingerprint density at radius 2 is 2.14 bits per heavy atom. The van der Waals surface area contributed by atoms with Crippen molar-refractivity contribution >= 4 is 32.9 Å². The Kier molecular flexibility index (Phi) is 5.71. The molecular weight excluding hydrogens is 408 g/mol. The molecule has 0 aromatic carbocycles. The van der Waals surface area contributed by atoms with E-state index in [0.717, 1.165) is 24.9 Å². The molecule has 1 aliphatic heterocycles. The molecule has 1 atom stereocenters. The molecule has 0 bridgehead atoms. The van der Waals surface area contributed by atoms with Crippen LogP contribution in [0.4, 0.5) is 0 Å². The molecule has 0 spiro atoms. The van der Waals surface area contributed by atoms with Crippen LogP contribution in [0.5, 0.6) is 0 Å². The number of carbonyl (C=O) groups excluding carboxylic acids is 1. The Hall–Kier alpha value is -2.23. The highest BCUT2D eigenvalue weighted by Gasteiger charge is 2.33. The summed E-state index contributed by atoms with van der Waals surface area (Å²) in [6, 6.07) is 8.92. The Morgan fingerprint density at radius 3 is 2.93 bits per heavy atom. The molecule has 1 unspecified atom stereocenters. The van der Waals surface area contributed by atoms with Crippen LogP contribution in [0.1, 0.15) is 41.9 Å². The second kappa shape index (κ2) is 8.25. The summed E-state index contributed by atoms with van der Waals surface area (Å²) in [5.74, 6) is -0.190. The highest BCUT2D eigenvalue weighted by molar-refractivity contribution is 7.91. The number of piperidine rings is 1. The summed E-state index contributed by atoms with van der Waals surface area (Å²) in [6.07, 6.45) is 5.10. The molecule has 1 fully saturated rings. The van der Waals surface area contributed by atoms with Gasteiger partial charge in [-0.2, -0.15) is 4.31 Å². The van der Waals surface area contributed by atoms with Crippen LogP contribution in [-0.4, -0.2) is 47.1 Å². The second-order valence-electron chi connectivity index (χ2n) is 7.22. The van der Waals surface area contributed by atoms with Crippen LogP contribution in [0.3, 0.4) is 0 Å². The fourth-order valence-electron chi connectivity index (χ4n) is 3.93. The molecule has 1 N–H and O–H groups in total. The molecule has 1 amide bonds. The zero-order valence-corrected chi connectivity index (χ0v) is 17.9. The van der Waals surface area contributed by atoms with Gasteiger partial charge in [-0.1, -0.05) is 18.6 Å². The highest BCUT2D eigenvalue weighted by Crippen LogP contribution is 2.29. The molecule has 7 nitrogen and oxygen atoms in total. The van der Waals surface area contributed by atoms with E-state index in [2.05, 4.69) is 10.3 Å². The number of hydrogen-bond acceptors (Lipinski definition) is 5. The lowest BCUT2D eigenvalue weighted by molar-refractivity contribution is 0.0943. The number of hydrogen-bond donors (Lipinski definition) is 1. The fraction of sp³-hybridized carbons (Fsp3) is 0.400. The van der Waals surface area contributed by atoms with Gasteiger partial charge in [-0.25, -0.2) is 13.4 Å². The van der Waals surface area contributed by atoms with Gasteiger partial charge in [-0.3, -0.25) is 9.20 Å². The monoisotopic (exact) mass is 432 g/mol. The average Bonchev–Trinajstić information content (AvgIpc) is 3.36. The first-order valence-electron chi connectivity index (χ1n) is 9.76. The van der Waals surface area contributed by atoms with E-state index in [9.17, 15) is 13.2 Å². The smallest absolute Gasteiger partial charge is 0.270 e. The van der Waals surface area contributed by atoms with E-state index in [1.807, 2.05) is 31.3 Å². The minimum atomic E-state index is -3.47. The van der Waals surface area contributed by atoms with E-state index in [-0.39, 0.29) is 11.9 Å². The standard InChI is InChI=1S/C20H24N4O3S2/c1-15-19(23-12-4-3-8-17(23)22-15)20(25)21-11-10-16-7-2-5-13-24(16)29(26,27)18-9-6-14-28-18/h3-4,6,8-9,12,14,16H,2,5,7,10-11,13H2,1H3,(H,21,25). The summed E-state index contributed by atoms with van der Waals surface area (Å²) < 4.78 is 29.7. The van der Waals surface area contributed by atoms with E-state index < -0.39 is 10.0 Å². The largest absolute Gasteiger partial charge is 0.351 e. The maximum absolute atomic E-state index is 13.0. The summed E-state index contributed by atoms with van der Waals surface area (Å²) in [5, 5.41) is 4.74. The molecule has 3 aromatic rings. The van der Waals surface area contributed by atoms with Gasteiger partial charge in [-0.15, -0.1) is 11.3 Å². The van der Waals surface area contributed by atoms with E-state index in [4.69, 9.17) is 0 Å². The molecule has 4 heterocycles. The van der Waals surface area contributed by atoms with Gasteiger partial charge in [0.1, 0.15) is 15.6 Å². The second-order valence-corrected chi connectivity index (χ2v) is 10.3. The number of thiophene rings is 1. The third-order valence-corrected chi connectivity index (χ3v) is 8.64. The maximum Gasteiger partial charge on any atom is 0.270 e. The van der Waals surface area contributed by atoms with Crippen LogP contribution < -0.4 is 5.32 Å². The molecular formula is C20H24N4O3S2. The molecule has 9 heteroatoms. The zero-order chi connectivity index (χ0) is 20.4. The van der Waals surface area contributed by atoms with Crippen LogP contribution >= 0.6 is 11.3 Å². The van der Waals surface area contributed by atoms with Crippen LogP contribution in [0.2, 0.25) is 0 Å². The number of aromatic nitrogens is 2. The number of carbonyl (C=O) groups is 1. The summed E-state index contributed by atoms with van der Waals surface area (Å²) in [5.41, 5.74) is 1.93. The summed E-state index contributed by atoms with van der Waals surface area (Å²) in [4.78, 5) is 17.2. The first-order valence-corrected chi connectivity index (χ1v) is 12.1. The SMILES string of the molecule is Cc1nc2ccccn2c1C(=O)NCCC1CCCCN1S(=O)(=O)c1cccs1. The molecule has 0 radical (unpaired) electrons. The molecule has 3 aromatic heterocycles. The van der Waals surface area contributed by atoms with E-state index >= 15 is 0 Å². The molecule has 0 saturated carbocycles. The van der Waals surface area contributed by atoms with Crippen LogP contribution in [-0.2, 0) is 10.0 Å². The molecule has 29 heavy (non-hydrogen) atoms. The van der Waals surface area contributed by atoms with Gasteiger partial charge in [0, 0.05) is 25.3 Å². The molecule has 1 aliphatic rings. The van der Waals surface area contributed by atoms with Gasteiger partial charge < -0.3 is 5.32 Å². The number of fused-ring (bicyclic) bond motifs is 1. The number of aryl methyl sites for hydroxylation is 1. The maximum atomic E-state index is 13.0. The third kappa shape index (κ3) is 3.94. The Balaban J connectivity index is 1.44. The van der Waals surface area contributed by atoms with Gasteiger partial charge in [0.15, 0.2) is 0 Å². The van der Waals surface area contributed by atoms with E-state index in [0.29, 0.717) is 35.1 Å².